The summed E-state index contributed by atoms with van der Waals surface area (Å²) in [5.74, 6) is -1.97. The Labute approximate surface area is 124 Å². The maximum atomic E-state index is 14.1. The third kappa shape index (κ3) is 5.00. The van der Waals surface area contributed by atoms with Gasteiger partial charge >= 0.3 is 5.97 Å². The van der Waals surface area contributed by atoms with Gasteiger partial charge in [-0.2, -0.15) is 0 Å². The monoisotopic (exact) mass is 348 g/mol. The molecule has 3 nitrogen and oxygen atoms in total. The van der Waals surface area contributed by atoms with Crippen molar-refractivity contribution in [1.82, 2.24) is 0 Å². The second-order valence-corrected chi connectivity index (χ2v) is 4.75. The Bertz CT molecular complexity index is 503. The van der Waals surface area contributed by atoms with E-state index < -0.39 is 17.6 Å². The van der Waals surface area contributed by atoms with E-state index in [-0.39, 0.29) is 48.1 Å². The first kappa shape index (κ1) is 16.8. The summed E-state index contributed by atoms with van der Waals surface area (Å²) >= 11 is 2.97. The summed E-state index contributed by atoms with van der Waals surface area (Å²) in [4.78, 5) is 22.5. The van der Waals surface area contributed by atoms with E-state index in [4.69, 9.17) is 4.74 Å². The van der Waals surface area contributed by atoms with E-state index in [0.717, 1.165) is 12.1 Å². The van der Waals surface area contributed by atoms with Gasteiger partial charge < -0.3 is 4.74 Å². The van der Waals surface area contributed by atoms with Crippen LogP contribution in [0.3, 0.4) is 0 Å². The molecule has 20 heavy (non-hydrogen) atoms. The van der Waals surface area contributed by atoms with Crippen molar-refractivity contribution in [2.45, 2.75) is 26.2 Å². The molecule has 0 atom stereocenters. The van der Waals surface area contributed by atoms with Crippen LogP contribution in [0.5, 0.6) is 0 Å². The molecule has 0 fully saturated rings. The number of halogens is 3. The van der Waals surface area contributed by atoms with Crippen LogP contribution in [-0.2, 0) is 27.2 Å². The fourth-order valence-electron chi connectivity index (χ4n) is 1.75. The highest BCUT2D eigenvalue weighted by atomic mass is 79.9. The predicted molar refractivity (Wildman–Crippen MR) is 73.8 cm³/mol. The number of esters is 1. The summed E-state index contributed by atoms with van der Waals surface area (Å²) in [6.45, 7) is 1.92. The second-order valence-electron chi connectivity index (χ2n) is 4.19. The van der Waals surface area contributed by atoms with E-state index in [1.165, 1.54) is 0 Å². The van der Waals surface area contributed by atoms with Crippen LogP contribution < -0.4 is 0 Å². The van der Waals surface area contributed by atoms with Gasteiger partial charge in [0.1, 0.15) is 17.4 Å². The summed E-state index contributed by atoms with van der Waals surface area (Å²) in [6.07, 6.45) is -0.167. The van der Waals surface area contributed by atoms with Crippen molar-refractivity contribution >= 4 is 27.7 Å². The summed E-state index contributed by atoms with van der Waals surface area (Å²) in [5.41, 5.74) is 0.0868. The molecule has 0 aliphatic rings. The van der Waals surface area contributed by atoms with Crippen molar-refractivity contribution in [3.05, 3.63) is 34.9 Å². The van der Waals surface area contributed by atoms with Crippen LogP contribution in [0, 0.1) is 11.6 Å². The lowest BCUT2D eigenvalue weighted by Crippen LogP contribution is -2.10. The number of rotatable bonds is 7. The largest absolute Gasteiger partial charge is 0.466 e. The third-order valence-corrected chi connectivity index (χ3v) is 3.25. The fourth-order valence-corrected chi connectivity index (χ4v) is 1.95. The number of carbonyl (C=O) groups is 2. The lowest BCUT2D eigenvalue weighted by atomic mass is 10.0. The van der Waals surface area contributed by atoms with Crippen molar-refractivity contribution in [2.24, 2.45) is 0 Å². The van der Waals surface area contributed by atoms with Gasteiger partial charge in [0.2, 0.25) is 0 Å². The third-order valence-electron chi connectivity index (χ3n) is 2.63. The normalized spacial score (nSPS) is 10.4. The maximum Gasteiger partial charge on any atom is 0.306 e. The molecule has 110 valence electrons. The zero-order valence-electron chi connectivity index (χ0n) is 11.0. The minimum absolute atomic E-state index is 0.00769. The molecule has 0 saturated heterocycles. The summed E-state index contributed by atoms with van der Waals surface area (Å²) in [7, 11) is 0. The highest BCUT2D eigenvalue weighted by molar-refractivity contribution is 9.09. The van der Waals surface area contributed by atoms with Crippen molar-refractivity contribution in [3.63, 3.8) is 0 Å². The zero-order valence-corrected chi connectivity index (χ0v) is 12.6. The maximum absolute atomic E-state index is 14.1. The summed E-state index contributed by atoms with van der Waals surface area (Å²) < 4.78 is 32.3. The Balaban J connectivity index is 2.85. The van der Waals surface area contributed by atoms with E-state index >= 15 is 0 Å². The molecule has 0 aliphatic carbocycles. The molecule has 0 bridgehead atoms. The molecule has 0 N–H and O–H groups in total. The molecular formula is C14H15BrF2O3. The van der Waals surface area contributed by atoms with E-state index in [1.54, 1.807) is 6.92 Å². The van der Waals surface area contributed by atoms with Crippen molar-refractivity contribution in [3.8, 4) is 0 Å². The highest BCUT2D eigenvalue weighted by Crippen LogP contribution is 2.18. The Morgan fingerprint density at radius 1 is 1.25 bits per heavy atom. The van der Waals surface area contributed by atoms with Crippen LogP contribution in [-0.4, -0.2) is 23.7 Å². The number of ketones is 1. The van der Waals surface area contributed by atoms with Gasteiger partial charge in [-0.05, 0) is 36.6 Å². The van der Waals surface area contributed by atoms with Gasteiger partial charge in [0.05, 0.1) is 11.9 Å². The molecule has 0 unspecified atom stereocenters. The molecule has 6 heteroatoms. The molecule has 1 aromatic rings. The molecule has 0 aromatic heterocycles. The van der Waals surface area contributed by atoms with E-state index in [0.29, 0.717) is 0 Å². The van der Waals surface area contributed by atoms with Crippen molar-refractivity contribution in [1.29, 1.82) is 0 Å². The first-order chi connectivity index (χ1) is 9.47. The number of ether oxygens (including phenoxy) is 1. The Morgan fingerprint density at radius 2 is 1.90 bits per heavy atom. The number of aryl methyl sites for hydroxylation is 1. The molecule has 0 amide bonds. The van der Waals surface area contributed by atoms with Crippen molar-refractivity contribution in [2.75, 3.05) is 11.9 Å². The van der Waals surface area contributed by atoms with E-state index in [1.807, 2.05) is 0 Å². The number of benzene rings is 1. The first-order valence-electron chi connectivity index (χ1n) is 6.18. The van der Waals surface area contributed by atoms with Gasteiger partial charge in [0.15, 0.2) is 0 Å². The van der Waals surface area contributed by atoms with Gasteiger partial charge in [-0.25, -0.2) is 8.78 Å². The Morgan fingerprint density at radius 3 is 2.50 bits per heavy atom. The van der Waals surface area contributed by atoms with Gasteiger partial charge in [-0.15, -0.1) is 0 Å². The minimum Gasteiger partial charge on any atom is -0.466 e. The SMILES string of the molecule is CCOC(=O)CCc1cc(F)cc(CC(=O)CBr)c1F. The number of hydrogen-bond donors (Lipinski definition) is 0. The highest BCUT2D eigenvalue weighted by Gasteiger charge is 2.15. The molecule has 1 rings (SSSR count). The van der Waals surface area contributed by atoms with Crippen LogP contribution in [0.15, 0.2) is 12.1 Å². The van der Waals surface area contributed by atoms with E-state index in [2.05, 4.69) is 15.9 Å². The minimum atomic E-state index is -0.634. The quantitative estimate of drug-likeness (QED) is 0.562. The van der Waals surface area contributed by atoms with Gasteiger partial charge in [-0.3, -0.25) is 9.59 Å². The number of carbonyl (C=O) groups excluding carboxylic acids is 2. The van der Waals surface area contributed by atoms with Crippen LogP contribution in [0.2, 0.25) is 0 Å². The Hall–Kier alpha value is -1.30. The lowest BCUT2D eigenvalue weighted by Gasteiger charge is -2.08. The van der Waals surface area contributed by atoms with Crippen LogP contribution in [0.1, 0.15) is 24.5 Å². The molecule has 0 saturated carbocycles. The molecule has 0 heterocycles. The van der Waals surface area contributed by atoms with Gasteiger partial charge in [0, 0.05) is 12.8 Å². The standard InChI is InChI=1S/C14H15BrF2O3/c1-2-20-13(19)4-3-9-5-11(16)6-10(14(9)17)7-12(18)8-15/h5-6H,2-4,7-8H2,1H3. The van der Waals surface area contributed by atoms with Crippen LogP contribution in [0.4, 0.5) is 8.78 Å². The Kier molecular flexibility index (Phi) is 6.78. The number of alkyl halides is 1. The smallest absolute Gasteiger partial charge is 0.306 e. The topological polar surface area (TPSA) is 43.4 Å². The lowest BCUT2D eigenvalue weighted by molar-refractivity contribution is -0.143. The van der Waals surface area contributed by atoms with Gasteiger partial charge in [-0.1, -0.05) is 15.9 Å². The molecule has 0 aliphatic heterocycles. The zero-order chi connectivity index (χ0) is 15.1. The van der Waals surface area contributed by atoms with Crippen LogP contribution in [0.25, 0.3) is 0 Å². The molecule has 0 radical (unpaired) electrons. The summed E-state index contributed by atoms with van der Waals surface area (Å²) in [6, 6.07) is 2.04. The van der Waals surface area contributed by atoms with Crippen molar-refractivity contribution < 1.29 is 23.1 Å². The number of Topliss-reactive ketones (excluding diaryl/α,β-unsaturated/α-hetero) is 1. The molecule has 0 spiro atoms. The first-order valence-corrected chi connectivity index (χ1v) is 7.30. The van der Waals surface area contributed by atoms with E-state index in [9.17, 15) is 18.4 Å². The average Bonchev–Trinajstić information content (AvgIpc) is 2.41. The second kappa shape index (κ2) is 8.09. The average molecular weight is 349 g/mol. The van der Waals surface area contributed by atoms with Crippen LogP contribution >= 0.6 is 15.9 Å². The fraction of sp³-hybridized carbons (Fsp3) is 0.429. The molecule has 1 aromatic carbocycles. The molecular weight excluding hydrogens is 334 g/mol. The summed E-state index contributed by atoms with van der Waals surface area (Å²) in [5, 5.41) is 0.0844. The predicted octanol–water partition coefficient (Wildman–Crippen LogP) is 2.97. The van der Waals surface area contributed by atoms with Gasteiger partial charge in [0.25, 0.3) is 0 Å². The number of hydrogen-bond acceptors (Lipinski definition) is 3.